The Hall–Kier alpha value is -1.72. The number of amides is 1. The molecule has 0 aromatic heterocycles. The fourth-order valence-electron chi connectivity index (χ4n) is 1.87. The number of halogens is 3. The van der Waals surface area contributed by atoms with Gasteiger partial charge in [-0.15, -0.1) is 0 Å². The first kappa shape index (κ1) is 16.3. The molecule has 0 atom stereocenters. The molecular formula is C14H19F3N2O. The van der Waals surface area contributed by atoms with Crippen molar-refractivity contribution in [1.82, 2.24) is 4.90 Å². The predicted octanol–water partition coefficient (Wildman–Crippen LogP) is 3.38. The van der Waals surface area contributed by atoms with Crippen molar-refractivity contribution in [2.24, 2.45) is 0 Å². The molecule has 0 bridgehead atoms. The molecule has 20 heavy (non-hydrogen) atoms. The maximum atomic E-state index is 12.6. The van der Waals surface area contributed by atoms with Crippen LogP contribution in [0.1, 0.15) is 35.7 Å². The quantitative estimate of drug-likeness (QED) is 0.844. The number of hydrogen-bond donors (Lipinski definition) is 1. The van der Waals surface area contributed by atoms with Crippen molar-refractivity contribution in [3.63, 3.8) is 0 Å². The summed E-state index contributed by atoms with van der Waals surface area (Å²) in [6.07, 6.45) is -3.15. The minimum atomic E-state index is -4.41. The van der Waals surface area contributed by atoms with Crippen molar-refractivity contribution >= 4 is 11.6 Å². The molecule has 0 radical (unpaired) electrons. The van der Waals surface area contributed by atoms with Crippen molar-refractivity contribution in [3.05, 3.63) is 29.3 Å². The largest absolute Gasteiger partial charge is 0.406 e. The van der Waals surface area contributed by atoms with Crippen LogP contribution in [0.2, 0.25) is 0 Å². The van der Waals surface area contributed by atoms with Gasteiger partial charge in [-0.1, -0.05) is 19.4 Å². The van der Waals surface area contributed by atoms with Crippen LogP contribution in [0.25, 0.3) is 0 Å². The van der Waals surface area contributed by atoms with Crippen LogP contribution in [0.3, 0.4) is 0 Å². The lowest BCUT2D eigenvalue weighted by Crippen LogP contribution is -2.39. The van der Waals surface area contributed by atoms with E-state index in [0.29, 0.717) is 17.7 Å². The summed E-state index contributed by atoms with van der Waals surface area (Å²) in [7, 11) is 0. The first-order chi connectivity index (χ1) is 9.26. The average molecular weight is 288 g/mol. The maximum absolute atomic E-state index is 12.6. The van der Waals surface area contributed by atoms with E-state index in [0.717, 1.165) is 11.3 Å². The Morgan fingerprint density at radius 3 is 2.55 bits per heavy atom. The van der Waals surface area contributed by atoms with E-state index in [1.807, 2.05) is 6.92 Å². The molecule has 0 saturated carbocycles. The van der Waals surface area contributed by atoms with Crippen LogP contribution in [0.4, 0.5) is 18.9 Å². The van der Waals surface area contributed by atoms with Gasteiger partial charge in [0.1, 0.15) is 6.54 Å². The number of benzene rings is 1. The molecule has 0 fully saturated rings. The topological polar surface area (TPSA) is 46.3 Å². The third kappa shape index (κ3) is 4.43. The first-order valence-corrected chi connectivity index (χ1v) is 6.47. The summed E-state index contributed by atoms with van der Waals surface area (Å²) in [5, 5.41) is 0. The fraction of sp³-hybridized carbons (Fsp3) is 0.500. The van der Waals surface area contributed by atoms with Gasteiger partial charge < -0.3 is 10.6 Å². The molecule has 1 aromatic rings. The summed E-state index contributed by atoms with van der Waals surface area (Å²) in [4.78, 5) is 13.1. The molecule has 112 valence electrons. The Balaban J connectivity index is 3.00. The van der Waals surface area contributed by atoms with Crippen molar-refractivity contribution < 1.29 is 18.0 Å². The Kier molecular flexibility index (Phi) is 5.42. The maximum Gasteiger partial charge on any atom is 0.406 e. The highest BCUT2D eigenvalue weighted by molar-refractivity contribution is 5.96. The summed E-state index contributed by atoms with van der Waals surface area (Å²) in [5.41, 5.74) is 6.84. The van der Waals surface area contributed by atoms with Gasteiger partial charge >= 0.3 is 6.18 Å². The minimum absolute atomic E-state index is 0.0864. The number of unbranched alkanes of at least 4 members (excludes halogenated alkanes) is 1. The van der Waals surface area contributed by atoms with E-state index in [1.165, 1.54) is 6.07 Å². The highest BCUT2D eigenvalue weighted by atomic mass is 19.4. The molecule has 0 saturated heterocycles. The molecule has 0 unspecified atom stereocenters. The van der Waals surface area contributed by atoms with E-state index < -0.39 is 18.6 Å². The zero-order valence-corrected chi connectivity index (χ0v) is 11.6. The molecule has 1 rings (SSSR count). The smallest absolute Gasteiger partial charge is 0.398 e. The van der Waals surface area contributed by atoms with E-state index in [4.69, 9.17) is 5.73 Å². The number of rotatable bonds is 5. The van der Waals surface area contributed by atoms with Crippen molar-refractivity contribution in [2.75, 3.05) is 18.8 Å². The molecule has 1 amide bonds. The summed E-state index contributed by atoms with van der Waals surface area (Å²) < 4.78 is 37.7. The Morgan fingerprint density at radius 2 is 2.00 bits per heavy atom. The second-order valence-corrected chi connectivity index (χ2v) is 4.72. The van der Waals surface area contributed by atoms with Crippen LogP contribution < -0.4 is 5.73 Å². The number of alkyl halides is 3. The lowest BCUT2D eigenvalue weighted by atomic mass is 10.1. The number of hydrogen-bond acceptors (Lipinski definition) is 2. The molecule has 0 aliphatic rings. The molecular weight excluding hydrogens is 269 g/mol. The summed E-state index contributed by atoms with van der Waals surface area (Å²) >= 11 is 0. The highest BCUT2D eigenvalue weighted by Crippen LogP contribution is 2.21. The van der Waals surface area contributed by atoms with Crippen LogP contribution in [0.5, 0.6) is 0 Å². The molecule has 3 nitrogen and oxygen atoms in total. The van der Waals surface area contributed by atoms with Gasteiger partial charge in [0.2, 0.25) is 0 Å². The Morgan fingerprint density at radius 1 is 1.35 bits per heavy atom. The van der Waals surface area contributed by atoms with E-state index in [9.17, 15) is 18.0 Å². The van der Waals surface area contributed by atoms with Crippen molar-refractivity contribution in [3.8, 4) is 0 Å². The van der Waals surface area contributed by atoms with Gasteiger partial charge in [0.05, 0.1) is 0 Å². The van der Waals surface area contributed by atoms with E-state index in [1.54, 1.807) is 19.1 Å². The first-order valence-electron chi connectivity index (χ1n) is 6.47. The van der Waals surface area contributed by atoms with Crippen LogP contribution in [0, 0.1) is 6.92 Å². The van der Waals surface area contributed by atoms with Crippen molar-refractivity contribution in [1.29, 1.82) is 0 Å². The second-order valence-electron chi connectivity index (χ2n) is 4.72. The Labute approximate surface area is 116 Å². The monoisotopic (exact) mass is 288 g/mol. The number of anilines is 1. The summed E-state index contributed by atoms with van der Waals surface area (Å²) in [6.45, 7) is 2.35. The fourth-order valence-corrected chi connectivity index (χ4v) is 1.87. The standard InChI is InChI=1S/C14H19F3N2O/c1-3-4-8-19(9-14(15,16)17)13(20)11-6-5-7-12(18)10(11)2/h5-7H,3-4,8-9,18H2,1-2H3. The SMILES string of the molecule is CCCCN(CC(F)(F)F)C(=O)c1cccc(N)c1C. The molecule has 0 heterocycles. The van der Waals surface area contributed by atoms with E-state index in [2.05, 4.69) is 0 Å². The van der Waals surface area contributed by atoms with Crippen LogP contribution in [0.15, 0.2) is 18.2 Å². The van der Waals surface area contributed by atoms with Gasteiger partial charge in [0.25, 0.3) is 5.91 Å². The van der Waals surface area contributed by atoms with Crippen LogP contribution >= 0.6 is 0 Å². The van der Waals surface area contributed by atoms with Gasteiger partial charge in [0, 0.05) is 17.8 Å². The molecule has 0 aliphatic heterocycles. The number of carbonyl (C=O) groups excluding carboxylic acids is 1. The van der Waals surface area contributed by atoms with Crippen molar-refractivity contribution in [2.45, 2.75) is 32.9 Å². The Bertz CT molecular complexity index is 472. The third-order valence-corrected chi connectivity index (χ3v) is 3.05. The summed E-state index contributed by atoms with van der Waals surface area (Å²) in [6, 6.07) is 4.69. The van der Waals surface area contributed by atoms with Crippen LogP contribution in [-0.2, 0) is 0 Å². The number of carbonyl (C=O) groups is 1. The van der Waals surface area contributed by atoms with E-state index in [-0.39, 0.29) is 12.1 Å². The molecule has 6 heteroatoms. The zero-order chi connectivity index (χ0) is 15.3. The normalized spacial score (nSPS) is 11.4. The minimum Gasteiger partial charge on any atom is -0.398 e. The zero-order valence-electron chi connectivity index (χ0n) is 11.6. The van der Waals surface area contributed by atoms with Gasteiger partial charge in [-0.2, -0.15) is 13.2 Å². The third-order valence-electron chi connectivity index (χ3n) is 3.05. The molecule has 0 aliphatic carbocycles. The van der Waals surface area contributed by atoms with E-state index >= 15 is 0 Å². The van der Waals surface area contributed by atoms with Crippen LogP contribution in [-0.4, -0.2) is 30.1 Å². The van der Waals surface area contributed by atoms with Gasteiger partial charge in [-0.3, -0.25) is 4.79 Å². The van der Waals surface area contributed by atoms with Gasteiger partial charge in [-0.25, -0.2) is 0 Å². The average Bonchev–Trinajstić information content (AvgIpc) is 2.35. The molecule has 2 N–H and O–H groups in total. The lowest BCUT2D eigenvalue weighted by molar-refractivity contribution is -0.140. The number of nitrogens with zero attached hydrogens (tertiary/aromatic N) is 1. The molecule has 0 spiro atoms. The predicted molar refractivity (Wildman–Crippen MR) is 72.5 cm³/mol. The highest BCUT2D eigenvalue weighted by Gasteiger charge is 2.33. The van der Waals surface area contributed by atoms with Gasteiger partial charge in [0.15, 0.2) is 0 Å². The number of nitrogen functional groups attached to an aromatic ring is 1. The number of nitrogens with two attached hydrogens (primary N) is 1. The lowest BCUT2D eigenvalue weighted by Gasteiger charge is -2.24. The van der Waals surface area contributed by atoms with Gasteiger partial charge in [-0.05, 0) is 31.0 Å². The summed E-state index contributed by atoms with van der Waals surface area (Å²) in [5.74, 6) is -0.624. The second kappa shape index (κ2) is 6.63. The molecule has 1 aromatic carbocycles.